The molecule has 1 atom stereocenters. The molecule has 1 fully saturated rings. The summed E-state index contributed by atoms with van der Waals surface area (Å²) in [5.41, 5.74) is 0.975. The molecule has 0 bridgehead atoms. The third-order valence-electron chi connectivity index (χ3n) is 4.44. The number of hydrogen-bond donors (Lipinski definition) is 0. The quantitative estimate of drug-likeness (QED) is 0.801. The highest BCUT2D eigenvalue weighted by molar-refractivity contribution is 7.92. The largest absolute Gasteiger partial charge is 0.360 e. The van der Waals surface area contributed by atoms with Gasteiger partial charge in [0.1, 0.15) is 10.6 Å². The van der Waals surface area contributed by atoms with Gasteiger partial charge in [-0.05, 0) is 25.8 Å². The lowest BCUT2D eigenvalue weighted by Gasteiger charge is -2.19. The van der Waals surface area contributed by atoms with Gasteiger partial charge in [-0.2, -0.15) is 4.31 Å². The van der Waals surface area contributed by atoms with E-state index in [-0.39, 0.29) is 41.6 Å². The van der Waals surface area contributed by atoms with Crippen molar-refractivity contribution in [3.05, 3.63) is 47.3 Å². The SMILES string of the molecule is Cc1noc(C)c1S(=O)(=O)N1CCC(c2ccccc2)S(=O)(=O)CC1. The Balaban J connectivity index is 1.93. The minimum Gasteiger partial charge on any atom is -0.360 e. The second-order valence-corrected chi connectivity index (χ2v) is 10.3. The van der Waals surface area contributed by atoms with Gasteiger partial charge in [0.15, 0.2) is 15.6 Å². The summed E-state index contributed by atoms with van der Waals surface area (Å²) in [6, 6.07) is 8.92. The molecule has 1 aromatic carbocycles. The molecule has 1 aliphatic heterocycles. The van der Waals surface area contributed by atoms with Crippen LogP contribution in [0.4, 0.5) is 0 Å². The lowest BCUT2D eigenvalue weighted by molar-refractivity contribution is 0.388. The van der Waals surface area contributed by atoms with E-state index in [1.807, 2.05) is 6.07 Å². The Kier molecular flexibility index (Phi) is 4.74. The van der Waals surface area contributed by atoms with Crippen molar-refractivity contribution in [1.82, 2.24) is 9.46 Å². The molecule has 2 aromatic rings. The van der Waals surface area contributed by atoms with E-state index in [0.29, 0.717) is 5.56 Å². The topological polar surface area (TPSA) is 97.6 Å². The van der Waals surface area contributed by atoms with E-state index in [0.717, 1.165) is 0 Å². The second kappa shape index (κ2) is 6.54. The molecule has 0 radical (unpaired) electrons. The van der Waals surface area contributed by atoms with Crippen LogP contribution < -0.4 is 0 Å². The van der Waals surface area contributed by atoms with E-state index in [1.165, 1.54) is 11.2 Å². The van der Waals surface area contributed by atoms with Crippen molar-refractivity contribution in [1.29, 1.82) is 0 Å². The molecular weight excluding hydrogens is 364 g/mol. The molecule has 0 spiro atoms. The van der Waals surface area contributed by atoms with E-state index >= 15 is 0 Å². The van der Waals surface area contributed by atoms with Crippen LogP contribution in [0.5, 0.6) is 0 Å². The predicted octanol–water partition coefficient (Wildman–Crippen LogP) is 1.84. The average molecular weight is 384 g/mol. The van der Waals surface area contributed by atoms with Crippen LogP contribution in [0.25, 0.3) is 0 Å². The molecule has 1 aromatic heterocycles. The first-order valence-corrected chi connectivity index (χ1v) is 11.1. The Labute approximate surface area is 147 Å². The fraction of sp³-hybridized carbons (Fsp3) is 0.438. The van der Waals surface area contributed by atoms with Crippen molar-refractivity contribution in [2.75, 3.05) is 18.8 Å². The maximum absolute atomic E-state index is 12.9. The summed E-state index contributed by atoms with van der Waals surface area (Å²) in [6.07, 6.45) is 0.217. The smallest absolute Gasteiger partial charge is 0.248 e. The van der Waals surface area contributed by atoms with Gasteiger partial charge in [0, 0.05) is 13.1 Å². The van der Waals surface area contributed by atoms with Crippen molar-refractivity contribution in [2.24, 2.45) is 0 Å². The van der Waals surface area contributed by atoms with Gasteiger partial charge in [-0.15, -0.1) is 0 Å². The summed E-state index contributed by atoms with van der Waals surface area (Å²) in [4.78, 5) is 0.0306. The summed E-state index contributed by atoms with van der Waals surface area (Å²) < 4.78 is 57.3. The molecule has 0 amide bonds. The third kappa shape index (κ3) is 3.36. The van der Waals surface area contributed by atoms with E-state index in [1.54, 1.807) is 31.2 Å². The monoisotopic (exact) mass is 384 g/mol. The van der Waals surface area contributed by atoms with E-state index < -0.39 is 25.1 Å². The lowest BCUT2D eigenvalue weighted by Crippen LogP contribution is -2.34. The predicted molar refractivity (Wildman–Crippen MR) is 92.3 cm³/mol. The Bertz CT molecular complexity index is 946. The molecule has 1 saturated heterocycles. The van der Waals surface area contributed by atoms with Gasteiger partial charge in [0.25, 0.3) is 0 Å². The number of aromatic nitrogens is 1. The molecular formula is C16H20N2O5S2. The van der Waals surface area contributed by atoms with Gasteiger partial charge < -0.3 is 4.52 Å². The van der Waals surface area contributed by atoms with Gasteiger partial charge in [0.05, 0.1) is 11.0 Å². The molecule has 9 heteroatoms. The lowest BCUT2D eigenvalue weighted by atomic mass is 10.1. The summed E-state index contributed by atoms with van der Waals surface area (Å²) in [5, 5.41) is 3.00. The van der Waals surface area contributed by atoms with E-state index in [9.17, 15) is 16.8 Å². The summed E-state index contributed by atoms with van der Waals surface area (Å²) in [5.74, 6) is -0.000894. The van der Waals surface area contributed by atoms with Crippen LogP contribution in [0.3, 0.4) is 0 Å². The van der Waals surface area contributed by atoms with Gasteiger partial charge >= 0.3 is 0 Å². The van der Waals surface area contributed by atoms with Gasteiger partial charge in [-0.1, -0.05) is 35.5 Å². The number of benzene rings is 1. The first-order valence-electron chi connectivity index (χ1n) is 7.93. The van der Waals surface area contributed by atoms with Crippen LogP contribution in [0.1, 0.15) is 28.7 Å². The van der Waals surface area contributed by atoms with Crippen molar-refractivity contribution < 1.29 is 21.4 Å². The highest BCUT2D eigenvalue weighted by Gasteiger charge is 2.37. The maximum atomic E-state index is 12.9. The van der Waals surface area contributed by atoms with Crippen molar-refractivity contribution in [3.8, 4) is 0 Å². The van der Waals surface area contributed by atoms with Crippen LogP contribution in [0.15, 0.2) is 39.8 Å². The van der Waals surface area contributed by atoms with E-state index in [4.69, 9.17) is 4.52 Å². The molecule has 3 rings (SSSR count). The van der Waals surface area contributed by atoms with Crippen LogP contribution in [0.2, 0.25) is 0 Å². The maximum Gasteiger partial charge on any atom is 0.248 e. The Morgan fingerprint density at radius 2 is 1.84 bits per heavy atom. The zero-order valence-corrected chi connectivity index (χ0v) is 15.7. The minimum atomic E-state index is -3.85. The molecule has 25 heavy (non-hydrogen) atoms. The van der Waals surface area contributed by atoms with Gasteiger partial charge in [-0.3, -0.25) is 0 Å². The highest BCUT2D eigenvalue weighted by Crippen LogP contribution is 2.32. The van der Waals surface area contributed by atoms with Crippen LogP contribution in [-0.2, 0) is 19.9 Å². The molecule has 7 nitrogen and oxygen atoms in total. The highest BCUT2D eigenvalue weighted by atomic mass is 32.2. The van der Waals surface area contributed by atoms with Crippen LogP contribution in [0, 0.1) is 13.8 Å². The molecule has 1 aliphatic rings. The fourth-order valence-electron chi connectivity index (χ4n) is 3.18. The Morgan fingerprint density at radius 3 is 2.44 bits per heavy atom. The second-order valence-electron chi connectivity index (χ2n) is 6.11. The Hall–Kier alpha value is -1.71. The van der Waals surface area contributed by atoms with Crippen LogP contribution >= 0.6 is 0 Å². The fourth-order valence-corrected chi connectivity index (χ4v) is 6.84. The normalized spacial score (nSPS) is 21.8. The number of rotatable bonds is 3. The first-order chi connectivity index (χ1) is 11.7. The number of aryl methyl sites for hydroxylation is 2. The number of nitrogens with zero attached hydrogens (tertiary/aromatic N) is 2. The average Bonchev–Trinajstić information content (AvgIpc) is 2.80. The summed E-state index contributed by atoms with van der Waals surface area (Å²) >= 11 is 0. The molecule has 0 saturated carbocycles. The molecule has 2 heterocycles. The van der Waals surface area contributed by atoms with Crippen LogP contribution in [-0.4, -0.2) is 45.1 Å². The van der Waals surface area contributed by atoms with Gasteiger partial charge in [-0.25, -0.2) is 16.8 Å². The summed E-state index contributed by atoms with van der Waals surface area (Å²) in [7, 11) is -7.29. The molecule has 0 N–H and O–H groups in total. The molecule has 1 unspecified atom stereocenters. The molecule has 136 valence electrons. The third-order valence-corrected chi connectivity index (χ3v) is 8.71. The summed E-state index contributed by atoms with van der Waals surface area (Å²) in [6.45, 7) is 3.15. The zero-order valence-electron chi connectivity index (χ0n) is 14.0. The van der Waals surface area contributed by atoms with Crippen molar-refractivity contribution in [2.45, 2.75) is 30.4 Å². The Morgan fingerprint density at radius 1 is 1.16 bits per heavy atom. The van der Waals surface area contributed by atoms with Gasteiger partial charge in [0.2, 0.25) is 10.0 Å². The standard InChI is InChI=1S/C16H20N2O5S2/c1-12-16(13(2)23-17-12)25(21,22)18-9-8-15(24(19,20)11-10-18)14-6-4-3-5-7-14/h3-7,15H,8-11H2,1-2H3. The van der Waals surface area contributed by atoms with Crippen molar-refractivity contribution >= 4 is 19.9 Å². The first kappa shape index (κ1) is 18.1. The number of sulfone groups is 1. The van der Waals surface area contributed by atoms with Crippen molar-refractivity contribution in [3.63, 3.8) is 0 Å². The van der Waals surface area contributed by atoms with E-state index in [2.05, 4.69) is 5.16 Å². The molecule has 0 aliphatic carbocycles. The number of hydrogen-bond acceptors (Lipinski definition) is 6. The minimum absolute atomic E-state index is 0.0306. The zero-order chi connectivity index (χ0) is 18.2. The number of sulfonamides is 1.